The van der Waals surface area contributed by atoms with Crippen molar-refractivity contribution in [1.82, 2.24) is 9.97 Å². The van der Waals surface area contributed by atoms with Crippen molar-refractivity contribution in [1.29, 1.82) is 0 Å². The van der Waals surface area contributed by atoms with Crippen molar-refractivity contribution in [3.05, 3.63) is 54.1 Å². The predicted molar refractivity (Wildman–Crippen MR) is 88.3 cm³/mol. The molecule has 0 saturated heterocycles. The number of nitro groups is 2. The molecule has 0 fully saturated rings. The number of benzene rings is 1. The Morgan fingerprint density at radius 1 is 1.12 bits per heavy atom. The molecule has 0 bridgehead atoms. The summed E-state index contributed by atoms with van der Waals surface area (Å²) in [6, 6.07) is 2.48. The lowest BCUT2D eigenvalue weighted by molar-refractivity contribution is -0.387. The molecule has 0 atom stereocenters. The van der Waals surface area contributed by atoms with Gasteiger partial charge in [-0.3, -0.25) is 25.0 Å². The Labute approximate surface area is 144 Å². The van der Waals surface area contributed by atoms with Gasteiger partial charge in [0.25, 0.3) is 11.6 Å². The van der Waals surface area contributed by atoms with E-state index < -0.39 is 27.0 Å². The third-order valence-corrected chi connectivity index (χ3v) is 3.23. The van der Waals surface area contributed by atoms with Gasteiger partial charge in [-0.25, -0.2) is 0 Å². The fourth-order valence-electron chi connectivity index (χ4n) is 2.06. The molecule has 0 aliphatic rings. The second kappa shape index (κ2) is 7.29. The van der Waals surface area contributed by atoms with E-state index in [0.717, 1.165) is 12.1 Å². The zero-order valence-electron chi connectivity index (χ0n) is 13.5. The topological polar surface area (TPSA) is 171 Å². The van der Waals surface area contributed by atoms with E-state index in [1.165, 1.54) is 26.4 Å². The molecule has 1 aromatic heterocycles. The number of hydrogen-bond acceptors (Lipinski definition) is 9. The van der Waals surface area contributed by atoms with Gasteiger partial charge in [0.15, 0.2) is 11.5 Å². The summed E-state index contributed by atoms with van der Waals surface area (Å²) in [7, 11) is 2.68. The van der Waals surface area contributed by atoms with E-state index >= 15 is 0 Å². The van der Waals surface area contributed by atoms with Gasteiger partial charge in [-0.15, -0.1) is 0 Å². The second-order valence-corrected chi connectivity index (χ2v) is 4.74. The van der Waals surface area contributed by atoms with Crippen molar-refractivity contribution in [3.8, 4) is 17.4 Å². The lowest BCUT2D eigenvalue weighted by Gasteiger charge is -2.08. The minimum atomic E-state index is -1.16. The Morgan fingerprint density at radius 3 is 2.23 bits per heavy atom. The highest BCUT2D eigenvalue weighted by molar-refractivity contribution is 5.75. The molecule has 0 saturated carbocycles. The number of nitrogens with one attached hydrogen (secondary N) is 1. The first-order chi connectivity index (χ1) is 12.3. The maximum Gasteiger partial charge on any atom is 0.395 e. The van der Waals surface area contributed by atoms with Crippen LogP contribution in [0.3, 0.4) is 0 Å². The van der Waals surface area contributed by atoms with E-state index in [2.05, 4.69) is 9.97 Å². The Bertz CT molecular complexity index is 966. The summed E-state index contributed by atoms with van der Waals surface area (Å²) in [5.74, 6) is -0.927. The molecular weight excluding hydrogens is 352 g/mol. The van der Waals surface area contributed by atoms with Crippen molar-refractivity contribution in [2.75, 3.05) is 14.2 Å². The Kier molecular flexibility index (Phi) is 5.15. The molecule has 12 heteroatoms. The molecule has 136 valence electrons. The van der Waals surface area contributed by atoms with Crippen LogP contribution in [-0.4, -0.2) is 39.1 Å². The van der Waals surface area contributed by atoms with Crippen LogP contribution in [0.25, 0.3) is 12.2 Å². The Morgan fingerprint density at radius 2 is 1.73 bits per heavy atom. The molecule has 12 nitrogen and oxygen atoms in total. The first-order valence-electron chi connectivity index (χ1n) is 6.84. The number of nitrogens with zero attached hydrogens (tertiary/aromatic N) is 3. The molecule has 0 aliphatic carbocycles. The van der Waals surface area contributed by atoms with Crippen LogP contribution < -0.4 is 15.0 Å². The molecule has 0 unspecified atom stereocenters. The zero-order valence-corrected chi connectivity index (χ0v) is 13.5. The molecule has 2 N–H and O–H groups in total. The van der Waals surface area contributed by atoms with Gasteiger partial charge in [0.2, 0.25) is 0 Å². The Balaban J connectivity index is 2.52. The van der Waals surface area contributed by atoms with Crippen LogP contribution >= 0.6 is 0 Å². The van der Waals surface area contributed by atoms with Crippen LogP contribution in [0.2, 0.25) is 0 Å². The van der Waals surface area contributed by atoms with Crippen molar-refractivity contribution in [2.45, 2.75) is 0 Å². The van der Waals surface area contributed by atoms with E-state index in [9.17, 15) is 30.1 Å². The number of H-pyrrole nitrogens is 1. The molecule has 0 spiro atoms. The van der Waals surface area contributed by atoms with Crippen LogP contribution in [0.15, 0.2) is 16.9 Å². The minimum Gasteiger partial charge on any atom is -0.493 e. The van der Waals surface area contributed by atoms with Gasteiger partial charge in [-0.05, 0) is 18.2 Å². The summed E-state index contributed by atoms with van der Waals surface area (Å²) >= 11 is 0. The summed E-state index contributed by atoms with van der Waals surface area (Å²) in [4.78, 5) is 37.3. The van der Waals surface area contributed by atoms with Crippen molar-refractivity contribution in [3.63, 3.8) is 0 Å². The summed E-state index contributed by atoms with van der Waals surface area (Å²) in [5, 5.41) is 31.3. The van der Waals surface area contributed by atoms with Gasteiger partial charge in [0.05, 0.1) is 35.7 Å². The molecule has 0 aliphatic heterocycles. The van der Waals surface area contributed by atoms with Crippen LogP contribution in [0.4, 0.5) is 11.4 Å². The van der Waals surface area contributed by atoms with Crippen LogP contribution in [0, 0.1) is 20.2 Å². The molecular formula is C14H12N4O8. The predicted octanol–water partition coefficient (Wildman–Crippen LogP) is 1.48. The molecule has 26 heavy (non-hydrogen) atoms. The maximum atomic E-state index is 11.6. The first-order valence-corrected chi connectivity index (χ1v) is 6.84. The van der Waals surface area contributed by atoms with E-state index in [4.69, 9.17) is 9.47 Å². The highest BCUT2D eigenvalue weighted by Gasteiger charge is 2.22. The number of aromatic amines is 1. The monoisotopic (exact) mass is 364 g/mol. The number of aromatic nitrogens is 2. The SMILES string of the molecule is COc1cc(/C=C/c2nc(O)c([N+](=O)[O-])c(=O)[nH]2)c([N+](=O)[O-])cc1OC. The van der Waals surface area contributed by atoms with Gasteiger partial charge in [0.1, 0.15) is 5.82 Å². The number of nitro benzene ring substituents is 1. The Hall–Kier alpha value is -3.96. The van der Waals surface area contributed by atoms with Gasteiger partial charge < -0.3 is 19.6 Å². The van der Waals surface area contributed by atoms with Crippen LogP contribution in [0.5, 0.6) is 17.4 Å². The third kappa shape index (κ3) is 3.58. The van der Waals surface area contributed by atoms with Gasteiger partial charge in [0, 0.05) is 0 Å². The molecule has 1 aromatic carbocycles. The van der Waals surface area contributed by atoms with E-state index in [-0.39, 0.29) is 28.6 Å². The molecule has 0 radical (unpaired) electrons. The fraction of sp³-hybridized carbons (Fsp3) is 0.143. The minimum absolute atomic E-state index is 0.0909. The summed E-state index contributed by atoms with van der Waals surface area (Å²) < 4.78 is 10.1. The van der Waals surface area contributed by atoms with Gasteiger partial charge in [-0.1, -0.05) is 0 Å². The van der Waals surface area contributed by atoms with E-state index in [1.54, 1.807) is 0 Å². The number of methoxy groups -OCH3 is 2. The number of hydrogen-bond donors (Lipinski definition) is 2. The quantitative estimate of drug-likeness (QED) is 0.569. The largest absolute Gasteiger partial charge is 0.493 e. The standard InChI is InChI=1S/C14H12N4O8/c1-25-9-5-7(8(17(21)22)6-10(9)26-2)3-4-11-15-13(19)12(18(23)24)14(20)16-11/h3-6H,1-2H3,(H2,15,16,19,20)/b4-3+. The number of ether oxygens (including phenoxy) is 2. The average Bonchev–Trinajstić information content (AvgIpc) is 2.57. The third-order valence-electron chi connectivity index (χ3n) is 3.23. The first kappa shape index (κ1) is 18.4. The van der Waals surface area contributed by atoms with Gasteiger partial charge >= 0.3 is 11.2 Å². The zero-order chi connectivity index (χ0) is 19.4. The maximum absolute atomic E-state index is 11.6. The van der Waals surface area contributed by atoms with Crippen LogP contribution in [-0.2, 0) is 0 Å². The summed E-state index contributed by atoms with van der Waals surface area (Å²) in [6.45, 7) is 0. The molecule has 0 amide bonds. The lowest BCUT2D eigenvalue weighted by atomic mass is 10.1. The summed E-state index contributed by atoms with van der Waals surface area (Å²) in [6.07, 6.45) is 2.36. The average molecular weight is 364 g/mol. The van der Waals surface area contributed by atoms with E-state index in [0.29, 0.717) is 0 Å². The smallest absolute Gasteiger partial charge is 0.395 e. The van der Waals surface area contributed by atoms with Crippen LogP contribution in [0.1, 0.15) is 11.4 Å². The van der Waals surface area contributed by atoms with E-state index in [1.807, 2.05) is 0 Å². The fourth-order valence-corrected chi connectivity index (χ4v) is 2.06. The van der Waals surface area contributed by atoms with Crippen molar-refractivity contribution >= 4 is 23.5 Å². The molecule has 1 heterocycles. The normalized spacial score (nSPS) is 10.7. The highest BCUT2D eigenvalue weighted by atomic mass is 16.6. The number of aromatic hydroxyl groups is 1. The van der Waals surface area contributed by atoms with Gasteiger partial charge in [-0.2, -0.15) is 4.98 Å². The van der Waals surface area contributed by atoms with Crippen molar-refractivity contribution < 1.29 is 24.4 Å². The lowest BCUT2D eigenvalue weighted by Crippen LogP contribution is -2.14. The van der Waals surface area contributed by atoms with Crippen molar-refractivity contribution in [2.24, 2.45) is 0 Å². The number of rotatable bonds is 6. The molecule has 2 aromatic rings. The highest BCUT2D eigenvalue weighted by Crippen LogP contribution is 2.35. The molecule has 2 rings (SSSR count). The second-order valence-electron chi connectivity index (χ2n) is 4.74. The summed E-state index contributed by atoms with van der Waals surface area (Å²) in [5.41, 5.74) is -2.48.